The van der Waals surface area contributed by atoms with Crippen LogP contribution in [0.3, 0.4) is 0 Å². The lowest BCUT2D eigenvalue weighted by Gasteiger charge is -2.25. The normalized spacial score (nSPS) is 14.4. The van der Waals surface area contributed by atoms with E-state index in [1.54, 1.807) is 14.0 Å². The Hall–Kier alpha value is -1.06. The highest BCUT2D eigenvalue weighted by atomic mass is 16.2. The van der Waals surface area contributed by atoms with Crippen molar-refractivity contribution in [2.45, 2.75) is 46.1 Å². The molecule has 4 nitrogen and oxygen atoms in total. The van der Waals surface area contributed by atoms with Crippen LogP contribution in [-0.2, 0) is 9.59 Å². The van der Waals surface area contributed by atoms with Gasteiger partial charge in [-0.3, -0.25) is 9.59 Å². The standard InChI is InChI=1S/C11H22N2O2/c1-5-6-7-8(2)11(15)13(4)9(3)10(12)14/h8-9H,5-7H2,1-4H3,(H2,12,14)/t8?,9-/m1/s1. The van der Waals surface area contributed by atoms with E-state index in [1.807, 2.05) is 6.92 Å². The molecule has 0 saturated heterocycles. The summed E-state index contributed by atoms with van der Waals surface area (Å²) in [7, 11) is 1.63. The minimum atomic E-state index is -0.526. The number of amides is 2. The highest BCUT2D eigenvalue weighted by Gasteiger charge is 2.23. The number of unbranched alkanes of at least 4 members (excludes halogenated alkanes) is 1. The van der Waals surface area contributed by atoms with Crippen molar-refractivity contribution in [2.24, 2.45) is 11.7 Å². The molecule has 0 bridgehead atoms. The number of hydrogen-bond acceptors (Lipinski definition) is 2. The van der Waals surface area contributed by atoms with Crippen LogP contribution in [0.25, 0.3) is 0 Å². The number of nitrogens with two attached hydrogens (primary N) is 1. The van der Waals surface area contributed by atoms with Crippen molar-refractivity contribution in [2.75, 3.05) is 7.05 Å². The lowest BCUT2D eigenvalue weighted by molar-refractivity contribution is -0.140. The second kappa shape index (κ2) is 6.43. The van der Waals surface area contributed by atoms with E-state index < -0.39 is 11.9 Å². The summed E-state index contributed by atoms with van der Waals surface area (Å²) in [4.78, 5) is 24.2. The van der Waals surface area contributed by atoms with E-state index in [0.717, 1.165) is 19.3 Å². The fraction of sp³-hybridized carbons (Fsp3) is 0.818. The van der Waals surface area contributed by atoms with Crippen molar-refractivity contribution in [1.82, 2.24) is 4.90 Å². The van der Waals surface area contributed by atoms with E-state index in [2.05, 4.69) is 6.92 Å². The first-order chi connectivity index (χ1) is 6.91. The molecule has 0 aromatic heterocycles. The second-order valence-corrected chi connectivity index (χ2v) is 4.07. The molecule has 0 rings (SSSR count). The highest BCUT2D eigenvalue weighted by Crippen LogP contribution is 2.12. The fourth-order valence-electron chi connectivity index (χ4n) is 1.36. The maximum atomic E-state index is 11.8. The first-order valence-electron chi connectivity index (χ1n) is 5.47. The summed E-state index contributed by atoms with van der Waals surface area (Å²) in [5.74, 6) is -0.500. The first kappa shape index (κ1) is 13.9. The predicted octanol–water partition coefficient (Wildman–Crippen LogP) is 1.14. The van der Waals surface area contributed by atoms with Crippen molar-refractivity contribution in [3.05, 3.63) is 0 Å². The predicted molar refractivity (Wildman–Crippen MR) is 60.1 cm³/mol. The van der Waals surface area contributed by atoms with E-state index in [4.69, 9.17) is 5.73 Å². The van der Waals surface area contributed by atoms with Gasteiger partial charge in [0.05, 0.1) is 0 Å². The molecule has 88 valence electrons. The Balaban J connectivity index is 4.24. The van der Waals surface area contributed by atoms with Crippen LogP contribution in [0.15, 0.2) is 0 Å². The van der Waals surface area contributed by atoms with E-state index in [0.29, 0.717) is 0 Å². The molecule has 0 aliphatic rings. The van der Waals surface area contributed by atoms with Gasteiger partial charge in [0.25, 0.3) is 0 Å². The smallest absolute Gasteiger partial charge is 0.239 e. The summed E-state index contributed by atoms with van der Waals surface area (Å²) in [6.07, 6.45) is 2.98. The van der Waals surface area contributed by atoms with Crippen LogP contribution in [0.4, 0.5) is 0 Å². The summed E-state index contributed by atoms with van der Waals surface area (Å²) in [6, 6.07) is -0.526. The molecule has 0 aliphatic carbocycles. The third-order valence-corrected chi connectivity index (χ3v) is 2.75. The van der Waals surface area contributed by atoms with Crippen molar-refractivity contribution in [3.63, 3.8) is 0 Å². The summed E-state index contributed by atoms with van der Waals surface area (Å²) < 4.78 is 0. The molecular formula is C11H22N2O2. The Labute approximate surface area is 91.8 Å². The van der Waals surface area contributed by atoms with Gasteiger partial charge in [0.15, 0.2) is 0 Å². The van der Waals surface area contributed by atoms with Gasteiger partial charge in [0, 0.05) is 13.0 Å². The van der Waals surface area contributed by atoms with Crippen molar-refractivity contribution in [3.8, 4) is 0 Å². The van der Waals surface area contributed by atoms with Crippen LogP contribution in [0.5, 0.6) is 0 Å². The van der Waals surface area contributed by atoms with Gasteiger partial charge in [-0.25, -0.2) is 0 Å². The van der Waals surface area contributed by atoms with Gasteiger partial charge in [0.2, 0.25) is 11.8 Å². The van der Waals surface area contributed by atoms with Crippen LogP contribution >= 0.6 is 0 Å². The molecule has 0 fully saturated rings. The minimum Gasteiger partial charge on any atom is -0.368 e. The molecule has 2 amide bonds. The van der Waals surface area contributed by atoms with Crippen LogP contribution < -0.4 is 5.73 Å². The summed E-state index contributed by atoms with van der Waals surface area (Å²) >= 11 is 0. The Morgan fingerprint density at radius 1 is 1.33 bits per heavy atom. The molecule has 4 heteroatoms. The molecule has 0 aromatic carbocycles. The molecule has 0 aromatic rings. The zero-order valence-electron chi connectivity index (χ0n) is 10.1. The van der Waals surface area contributed by atoms with E-state index in [1.165, 1.54) is 4.90 Å². The molecule has 1 unspecified atom stereocenters. The van der Waals surface area contributed by atoms with Crippen molar-refractivity contribution in [1.29, 1.82) is 0 Å². The number of rotatable bonds is 6. The fourth-order valence-corrected chi connectivity index (χ4v) is 1.36. The van der Waals surface area contributed by atoms with E-state index >= 15 is 0 Å². The Morgan fingerprint density at radius 2 is 1.87 bits per heavy atom. The number of hydrogen-bond donors (Lipinski definition) is 1. The third-order valence-electron chi connectivity index (χ3n) is 2.75. The number of carbonyl (C=O) groups excluding carboxylic acids is 2. The lowest BCUT2D eigenvalue weighted by atomic mass is 10.0. The Bertz CT molecular complexity index is 229. The summed E-state index contributed by atoms with van der Waals surface area (Å²) in [5, 5.41) is 0. The topological polar surface area (TPSA) is 63.4 Å². The van der Waals surface area contributed by atoms with Gasteiger partial charge < -0.3 is 10.6 Å². The van der Waals surface area contributed by atoms with Crippen LogP contribution in [0, 0.1) is 5.92 Å². The maximum Gasteiger partial charge on any atom is 0.239 e. The first-order valence-corrected chi connectivity index (χ1v) is 5.47. The van der Waals surface area contributed by atoms with Gasteiger partial charge in [-0.05, 0) is 13.3 Å². The van der Waals surface area contributed by atoms with Crippen LogP contribution in [0.2, 0.25) is 0 Å². The monoisotopic (exact) mass is 214 g/mol. The molecule has 0 aliphatic heterocycles. The zero-order valence-corrected chi connectivity index (χ0v) is 10.1. The maximum absolute atomic E-state index is 11.8. The van der Waals surface area contributed by atoms with E-state index in [9.17, 15) is 9.59 Å². The average Bonchev–Trinajstić information content (AvgIpc) is 2.22. The largest absolute Gasteiger partial charge is 0.368 e. The molecule has 0 radical (unpaired) electrons. The molecule has 2 atom stereocenters. The van der Waals surface area contributed by atoms with Gasteiger partial charge in [-0.2, -0.15) is 0 Å². The lowest BCUT2D eigenvalue weighted by Crippen LogP contribution is -2.45. The molecule has 15 heavy (non-hydrogen) atoms. The molecule has 2 N–H and O–H groups in total. The number of likely N-dealkylation sites (N-methyl/N-ethyl adjacent to an activating group) is 1. The van der Waals surface area contributed by atoms with Crippen LogP contribution in [-0.4, -0.2) is 29.8 Å². The molecule has 0 saturated carbocycles. The van der Waals surface area contributed by atoms with E-state index in [-0.39, 0.29) is 11.8 Å². The number of primary amides is 1. The van der Waals surface area contributed by atoms with Crippen LogP contribution in [0.1, 0.15) is 40.0 Å². The third kappa shape index (κ3) is 4.32. The minimum absolute atomic E-state index is 0.00486. The van der Waals surface area contributed by atoms with Gasteiger partial charge >= 0.3 is 0 Å². The Kier molecular flexibility index (Phi) is 5.97. The summed E-state index contributed by atoms with van der Waals surface area (Å²) in [5.41, 5.74) is 5.14. The quantitative estimate of drug-likeness (QED) is 0.720. The number of nitrogens with zero attached hydrogens (tertiary/aromatic N) is 1. The van der Waals surface area contributed by atoms with Gasteiger partial charge in [-0.15, -0.1) is 0 Å². The average molecular weight is 214 g/mol. The highest BCUT2D eigenvalue weighted by molar-refractivity contribution is 5.86. The van der Waals surface area contributed by atoms with Crippen molar-refractivity contribution >= 4 is 11.8 Å². The molecular weight excluding hydrogens is 192 g/mol. The van der Waals surface area contributed by atoms with Crippen molar-refractivity contribution < 1.29 is 9.59 Å². The Morgan fingerprint density at radius 3 is 2.27 bits per heavy atom. The second-order valence-electron chi connectivity index (χ2n) is 4.07. The summed E-state index contributed by atoms with van der Waals surface area (Å²) in [6.45, 7) is 5.63. The van der Waals surface area contributed by atoms with Gasteiger partial charge in [-0.1, -0.05) is 26.7 Å². The molecule has 0 heterocycles. The number of carbonyl (C=O) groups is 2. The zero-order chi connectivity index (χ0) is 12.0. The molecule has 0 spiro atoms. The van der Waals surface area contributed by atoms with Gasteiger partial charge in [0.1, 0.15) is 6.04 Å². The SMILES string of the molecule is CCCCC(C)C(=O)N(C)[C@H](C)C(N)=O.